The van der Waals surface area contributed by atoms with Crippen molar-refractivity contribution in [2.75, 3.05) is 7.11 Å². The summed E-state index contributed by atoms with van der Waals surface area (Å²) >= 11 is 5.94. The number of pyridine rings is 1. The first-order valence-corrected chi connectivity index (χ1v) is 6.61. The molecule has 0 amide bonds. The van der Waals surface area contributed by atoms with Crippen molar-refractivity contribution < 1.29 is 9.47 Å². The van der Waals surface area contributed by atoms with Gasteiger partial charge in [-0.1, -0.05) is 11.6 Å². The van der Waals surface area contributed by atoms with Crippen molar-refractivity contribution in [3.8, 4) is 23.3 Å². The van der Waals surface area contributed by atoms with Crippen LogP contribution in [0.3, 0.4) is 0 Å². The van der Waals surface area contributed by atoms with Gasteiger partial charge in [0.2, 0.25) is 0 Å². The molecule has 5 heteroatoms. The minimum Gasteiger partial charge on any atom is -0.493 e. The van der Waals surface area contributed by atoms with Gasteiger partial charge in [-0.3, -0.25) is 0 Å². The fourth-order valence-corrected chi connectivity index (χ4v) is 2.26. The summed E-state index contributed by atoms with van der Waals surface area (Å²) in [6.07, 6.45) is 3.61. The topological polar surface area (TPSA) is 46.7 Å². The lowest BCUT2D eigenvalue weighted by atomic mass is 10.3. The Labute approximate surface area is 126 Å². The van der Waals surface area contributed by atoms with Crippen LogP contribution < -0.4 is 9.47 Å². The largest absolute Gasteiger partial charge is 0.493 e. The Kier molecular flexibility index (Phi) is 3.43. The summed E-state index contributed by atoms with van der Waals surface area (Å²) in [5.74, 6) is 1.76. The fraction of sp³-hybridized carbons (Fsp3) is 0.0625. The molecule has 21 heavy (non-hydrogen) atoms. The quantitative estimate of drug-likeness (QED) is 0.725. The first-order chi connectivity index (χ1) is 10.2. The van der Waals surface area contributed by atoms with Gasteiger partial charge in [0.25, 0.3) is 0 Å². The highest BCUT2D eigenvalue weighted by atomic mass is 35.5. The maximum absolute atomic E-state index is 8.99. The average molecular weight is 299 g/mol. The van der Waals surface area contributed by atoms with E-state index >= 15 is 0 Å². The second kappa shape index (κ2) is 5.39. The van der Waals surface area contributed by atoms with Gasteiger partial charge >= 0.3 is 0 Å². The Morgan fingerprint density at radius 1 is 1.14 bits per heavy atom. The zero-order chi connectivity index (χ0) is 14.8. The maximum Gasteiger partial charge on any atom is 0.169 e. The van der Waals surface area contributed by atoms with Crippen molar-refractivity contribution in [2.45, 2.75) is 0 Å². The Hall–Kier alpha value is -2.64. The fourth-order valence-electron chi connectivity index (χ4n) is 2.10. The summed E-state index contributed by atoms with van der Waals surface area (Å²) in [6.45, 7) is 0. The highest BCUT2D eigenvalue weighted by Crippen LogP contribution is 2.35. The van der Waals surface area contributed by atoms with Crippen LogP contribution in [0.4, 0.5) is 0 Å². The van der Waals surface area contributed by atoms with E-state index in [1.54, 1.807) is 37.6 Å². The number of rotatable bonds is 3. The lowest BCUT2D eigenvalue weighted by Gasteiger charge is -2.11. The summed E-state index contributed by atoms with van der Waals surface area (Å²) in [6, 6.07) is 12.8. The molecule has 0 fully saturated rings. The van der Waals surface area contributed by atoms with Crippen LogP contribution in [0, 0.1) is 11.3 Å². The van der Waals surface area contributed by atoms with Crippen molar-refractivity contribution in [1.29, 1.82) is 5.26 Å². The molecule has 2 heterocycles. The molecule has 0 saturated carbocycles. The smallest absolute Gasteiger partial charge is 0.169 e. The van der Waals surface area contributed by atoms with Gasteiger partial charge in [0.05, 0.1) is 18.2 Å². The first-order valence-electron chi connectivity index (χ1n) is 6.23. The average Bonchev–Trinajstić information content (AvgIpc) is 2.93. The lowest BCUT2D eigenvalue weighted by Crippen LogP contribution is -1.92. The van der Waals surface area contributed by atoms with Crippen LogP contribution in [0.2, 0.25) is 5.02 Å². The van der Waals surface area contributed by atoms with Gasteiger partial charge < -0.3 is 13.9 Å². The Balaban J connectivity index is 2.06. The summed E-state index contributed by atoms with van der Waals surface area (Å²) in [4.78, 5) is 0. The number of halogens is 1. The van der Waals surface area contributed by atoms with E-state index < -0.39 is 0 Å². The zero-order valence-corrected chi connectivity index (χ0v) is 12.0. The van der Waals surface area contributed by atoms with Crippen LogP contribution in [0.1, 0.15) is 5.56 Å². The second-order valence-electron chi connectivity index (χ2n) is 4.40. The third-order valence-electron chi connectivity index (χ3n) is 3.07. The number of methoxy groups -OCH3 is 1. The zero-order valence-electron chi connectivity index (χ0n) is 11.2. The van der Waals surface area contributed by atoms with Crippen LogP contribution >= 0.6 is 11.6 Å². The SMILES string of the molecule is COc1cc(Cl)ccc1Oc1cccn2cc(C#N)cc12. The van der Waals surface area contributed by atoms with E-state index in [0.29, 0.717) is 27.8 Å². The van der Waals surface area contributed by atoms with Gasteiger partial charge in [-0.2, -0.15) is 5.26 Å². The standard InChI is InChI=1S/C16H11ClN2O2/c1-20-16-8-12(17)4-5-15(16)21-14-3-2-6-19-10-11(9-18)7-13(14)19/h2-8,10H,1H3. The van der Waals surface area contributed by atoms with Crippen molar-refractivity contribution in [1.82, 2.24) is 4.40 Å². The lowest BCUT2D eigenvalue weighted by molar-refractivity contribution is 0.379. The predicted octanol–water partition coefficient (Wildman–Crippen LogP) is 4.27. The van der Waals surface area contributed by atoms with E-state index in [2.05, 4.69) is 6.07 Å². The number of fused-ring (bicyclic) bond motifs is 1. The molecule has 0 atom stereocenters. The maximum atomic E-state index is 8.99. The molecule has 0 unspecified atom stereocenters. The molecule has 2 aromatic heterocycles. The molecule has 0 spiro atoms. The minimum absolute atomic E-state index is 0.552. The van der Waals surface area contributed by atoms with E-state index in [1.807, 2.05) is 22.7 Å². The van der Waals surface area contributed by atoms with Crippen LogP contribution in [0.25, 0.3) is 5.52 Å². The molecule has 0 aliphatic heterocycles. The number of benzene rings is 1. The highest BCUT2D eigenvalue weighted by molar-refractivity contribution is 6.30. The van der Waals surface area contributed by atoms with Crippen molar-refractivity contribution >= 4 is 17.1 Å². The third kappa shape index (κ3) is 2.51. The molecule has 1 aromatic carbocycles. The summed E-state index contributed by atoms with van der Waals surface area (Å²) in [5, 5.41) is 9.57. The van der Waals surface area contributed by atoms with Crippen molar-refractivity contribution in [3.05, 3.63) is 59.4 Å². The molecular formula is C16H11ClN2O2. The summed E-state index contributed by atoms with van der Waals surface area (Å²) in [7, 11) is 1.56. The van der Waals surface area contributed by atoms with E-state index in [-0.39, 0.29) is 0 Å². The first kappa shape index (κ1) is 13.3. The Morgan fingerprint density at radius 2 is 2.00 bits per heavy atom. The van der Waals surface area contributed by atoms with Crippen LogP contribution in [0.5, 0.6) is 17.2 Å². The monoisotopic (exact) mass is 298 g/mol. The van der Waals surface area contributed by atoms with Gasteiger partial charge in [0.15, 0.2) is 17.2 Å². The van der Waals surface area contributed by atoms with Gasteiger partial charge in [-0.25, -0.2) is 0 Å². The van der Waals surface area contributed by atoms with E-state index in [4.69, 9.17) is 26.3 Å². The number of nitriles is 1. The van der Waals surface area contributed by atoms with Gasteiger partial charge in [0.1, 0.15) is 6.07 Å². The molecular weight excluding hydrogens is 288 g/mol. The molecule has 0 bridgehead atoms. The van der Waals surface area contributed by atoms with Gasteiger partial charge in [-0.05, 0) is 30.3 Å². The Bertz CT molecular complexity index is 849. The van der Waals surface area contributed by atoms with Crippen LogP contribution in [-0.2, 0) is 0 Å². The number of ether oxygens (including phenoxy) is 2. The number of hydrogen-bond acceptors (Lipinski definition) is 3. The van der Waals surface area contributed by atoms with Gasteiger partial charge in [0, 0.05) is 23.5 Å². The normalized spacial score (nSPS) is 10.3. The molecule has 0 aliphatic carbocycles. The molecule has 0 N–H and O–H groups in total. The number of hydrogen-bond donors (Lipinski definition) is 0. The van der Waals surface area contributed by atoms with Crippen LogP contribution in [0.15, 0.2) is 48.8 Å². The summed E-state index contributed by atoms with van der Waals surface area (Å²) in [5.41, 5.74) is 1.39. The molecule has 104 valence electrons. The Morgan fingerprint density at radius 3 is 2.76 bits per heavy atom. The van der Waals surface area contributed by atoms with Crippen molar-refractivity contribution in [2.24, 2.45) is 0 Å². The molecule has 3 aromatic rings. The van der Waals surface area contributed by atoms with E-state index in [9.17, 15) is 0 Å². The van der Waals surface area contributed by atoms with Gasteiger partial charge in [-0.15, -0.1) is 0 Å². The second-order valence-corrected chi connectivity index (χ2v) is 4.84. The molecule has 0 radical (unpaired) electrons. The van der Waals surface area contributed by atoms with Crippen molar-refractivity contribution in [3.63, 3.8) is 0 Å². The third-order valence-corrected chi connectivity index (χ3v) is 3.31. The molecule has 3 rings (SSSR count). The number of aromatic nitrogens is 1. The highest BCUT2D eigenvalue weighted by Gasteiger charge is 2.10. The minimum atomic E-state index is 0.552. The number of nitrogens with zero attached hydrogens (tertiary/aromatic N) is 2. The molecule has 4 nitrogen and oxygen atoms in total. The molecule has 0 aliphatic rings. The van der Waals surface area contributed by atoms with Crippen LogP contribution in [-0.4, -0.2) is 11.5 Å². The molecule has 0 saturated heterocycles. The van der Waals surface area contributed by atoms with E-state index in [0.717, 1.165) is 5.52 Å². The summed E-state index contributed by atoms with van der Waals surface area (Å²) < 4.78 is 13.0. The van der Waals surface area contributed by atoms with E-state index in [1.165, 1.54) is 0 Å². The predicted molar refractivity (Wildman–Crippen MR) is 80.2 cm³/mol.